The Bertz CT molecular complexity index is 208. The molecule has 0 aromatic heterocycles. The first-order chi connectivity index (χ1) is 6.64. The fourth-order valence-electron chi connectivity index (χ4n) is 2.56. The summed E-state index contributed by atoms with van der Waals surface area (Å²) in [6.45, 7) is 9.00. The molecule has 1 unspecified atom stereocenters. The minimum Gasteiger partial charge on any atom is -0.337 e. The monoisotopic (exact) mass is 197 g/mol. The number of carbonyl (C=O) groups excluding carboxylic acids is 1. The highest BCUT2D eigenvalue weighted by Crippen LogP contribution is 2.49. The molecule has 0 aromatic rings. The van der Waals surface area contributed by atoms with Crippen LogP contribution in [0.5, 0.6) is 0 Å². The van der Waals surface area contributed by atoms with Crippen LogP contribution in [0.4, 0.5) is 0 Å². The normalized spacial score (nSPS) is 28.0. The van der Waals surface area contributed by atoms with Crippen LogP contribution in [0.2, 0.25) is 0 Å². The van der Waals surface area contributed by atoms with Gasteiger partial charge in [0.15, 0.2) is 0 Å². The zero-order valence-corrected chi connectivity index (χ0v) is 9.97. The van der Waals surface area contributed by atoms with Crippen molar-refractivity contribution < 1.29 is 4.79 Å². The van der Waals surface area contributed by atoms with Crippen LogP contribution in [-0.4, -0.2) is 22.9 Å². The molecule has 0 aromatic carbocycles. The maximum absolute atomic E-state index is 11.3. The third-order valence-electron chi connectivity index (χ3n) is 3.35. The summed E-state index contributed by atoms with van der Waals surface area (Å²) in [5.41, 5.74) is 0.323. The smallest absolute Gasteiger partial charge is 0.219 e. The fraction of sp³-hybridized carbons (Fsp3) is 0.917. The van der Waals surface area contributed by atoms with E-state index in [4.69, 9.17) is 0 Å². The van der Waals surface area contributed by atoms with Crippen molar-refractivity contribution in [1.29, 1.82) is 0 Å². The number of nitrogens with zero attached hydrogens (tertiary/aromatic N) is 1. The number of hydrogen-bond donors (Lipinski definition) is 0. The molecule has 0 bridgehead atoms. The van der Waals surface area contributed by atoms with Gasteiger partial charge in [-0.15, -0.1) is 0 Å². The summed E-state index contributed by atoms with van der Waals surface area (Å²) in [5, 5.41) is 0. The lowest BCUT2D eigenvalue weighted by Crippen LogP contribution is -2.46. The van der Waals surface area contributed by atoms with E-state index in [0.29, 0.717) is 5.54 Å². The summed E-state index contributed by atoms with van der Waals surface area (Å²) in [7, 11) is 0. The molecular weight excluding hydrogens is 174 g/mol. The first kappa shape index (κ1) is 11.5. The highest BCUT2D eigenvalue weighted by Gasteiger charge is 2.51. The number of amides is 1. The Kier molecular flexibility index (Phi) is 3.57. The largest absolute Gasteiger partial charge is 0.337 e. The Morgan fingerprint density at radius 1 is 1.36 bits per heavy atom. The first-order valence-electron chi connectivity index (χ1n) is 5.92. The second kappa shape index (κ2) is 4.33. The van der Waals surface area contributed by atoms with Gasteiger partial charge in [0, 0.05) is 19.0 Å². The topological polar surface area (TPSA) is 20.3 Å². The Hall–Kier alpha value is -0.530. The van der Waals surface area contributed by atoms with Crippen LogP contribution in [0.1, 0.15) is 53.4 Å². The number of hydrogen-bond acceptors (Lipinski definition) is 1. The second-order valence-electron chi connectivity index (χ2n) is 4.49. The molecule has 1 atom stereocenters. The Labute approximate surface area is 87.7 Å². The van der Waals surface area contributed by atoms with Gasteiger partial charge in [0.25, 0.3) is 0 Å². The molecule has 1 heterocycles. The summed E-state index contributed by atoms with van der Waals surface area (Å²) in [5.74, 6) is 1.10. The molecule has 1 saturated heterocycles. The molecule has 14 heavy (non-hydrogen) atoms. The van der Waals surface area contributed by atoms with Crippen LogP contribution in [0.15, 0.2) is 0 Å². The van der Waals surface area contributed by atoms with E-state index in [0.717, 1.165) is 12.5 Å². The van der Waals surface area contributed by atoms with Crippen molar-refractivity contribution in [2.24, 2.45) is 5.92 Å². The highest BCUT2D eigenvalue weighted by atomic mass is 16.2. The van der Waals surface area contributed by atoms with Crippen molar-refractivity contribution in [1.82, 2.24) is 4.90 Å². The van der Waals surface area contributed by atoms with E-state index in [-0.39, 0.29) is 5.91 Å². The minimum absolute atomic E-state index is 0.277. The number of piperidine rings is 1. The van der Waals surface area contributed by atoms with Crippen molar-refractivity contribution in [3.05, 3.63) is 0 Å². The molecule has 2 aliphatic rings. The predicted molar refractivity (Wildman–Crippen MR) is 59.1 cm³/mol. The maximum atomic E-state index is 11.3. The number of rotatable bonds is 0. The first-order valence-corrected chi connectivity index (χ1v) is 5.92. The van der Waals surface area contributed by atoms with Gasteiger partial charge < -0.3 is 4.90 Å². The van der Waals surface area contributed by atoms with Gasteiger partial charge in [-0.05, 0) is 31.6 Å². The van der Waals surface area contributed by atoms with Crippen molar-refractivity contribution in [2.45, 2.75) is 58.9 Å². The van der Waals surface area contributed by atoms with Gasteiger partial charge in [-0.3, -0.25) is 4.79 Å². The van der Waals surface area contributed by atoms with Crippen LogP contribution in [0.25, 0.3) is 0 Å². The number of likely N-dealkylation sites (tertiary alicyclic amines) is 1. The van der Waals surface area contributed by atoms with E-state index in [1.54, 1.807) is 6.92 Å². The standard InChI is InChI=1S/C10H17NO.C2H6/c1-8-3-6-11(9(2)12)10(7-8)4-5-10;1-2/h8H,3-7H2,1-2H3;1-2H3. The molecule has 0 N–H and O–H groups in total. The van der Waals surface area contributed by atoms with Gasteiger partial charge in [0.1, 0.15) is 0 Å². The van der Waals surface area contributed by atoms with Crippen LogP contribution >= 0.6 is 0 Å². The van der Waals surface area contributed by atoms with Crippen LogP contribution in [0, 0.1) is 5.92 Å². The molecule has 82 valence electrons. The van der Waals surface area contributed by atoms with Gasteiger partial charge in [0.05, 0.1) is 0 Å². The fourth-order valence-corrected chi connectivity index (χ4v) is 2.56. The van der Waals surface area contributed by atoms with Gasteiger partial charge >= 0.3 is 0 Å². The van der Waals surface area contributed by atoms with Crippen molar-refractivity contribution >= 4 is 5.91 Å². The third-order valence-corrected chi connectivity index (χ3v) is 3.35. The minimum atomic E-state index is 0.277. The van der Waals surface area contributed by atoms with E-state index in [9.17, 15) is 4.79 Å². The summed E-state index contributed by atoms with van der Waals surface area (Å²) in [6.07, 6.45) is 4.93. The zero-order chi connectivity index (χ0) is 10.8. The van der Waals surface area contributed by atoms with Crippen LogP contribution < -0.4 is 0 Å². The molecule has 1 aliphatic heterocycles. The van der Waals surface area contributed by atoms with E-state index in [1.807, 2.05) is 13.8 Å². The molecule has 1 aliphatic carbocycles. The molecule has 2 fully saturated rings. The van der Waals surface area contributed by atoms with E-state index >= 15 is 0 Å². The lowest BCUT2D eigenvalue weighted by Gasteiger charge is -2.38. The maximum Gasteiger partial charge on any atom is 0.219 e. The average molecular weight is 197 g/mol. The highest BCUT2D eigenvalue weighted by molar-refractivity contribution is 5.74. The third kappa shape index (κ3) is 2.10. The van der Waals surface area contributed by atoms with E-state index < -0.39 is 0 Å². The van der Waals surface area contributed by atoms with Crippen LogP contribution in [0.3, 0.4) is 0 Å². The second-order valence-corrected chi connectivity index (χ2v) is 4.49. The Morgan fingerprint density at radius 2 is 1.93 bits per heavy atom. The van der Waals surface area contributed by atoms with Crippen molar-refractivity contribution in [3.63, 3.8) is 0 Å². The molecule has 2 nitrogen and oxygen atoms in total. The van der Waals surface area contributed by atoms with Gasteiger partial charge in [-0.2, -0.15) is 0 Å². The molecule has 2 heteroatoms. The molecule has 2 rings (SSSR count). The van der Waals surface area contributed by atoms with Crippen molar-refractivity contribution in [2.75, 3.05) is 6.54 Å². The zero-order valence-electron chi connectivity index (χ0n) is 9.97. The van der Waals surface area contributed by atoms with E-state index in [1.165, 1.54) is 25.7 Å². The Morgan fingerprint density at radius 3 is 2.36 bits per heavy atom. The summed E-state index contributed by atoms with van der Waals surface area (Å²) in [4.78, 5) is 13.4. The van der Waals surface area contributed by atoms with Gasteiger partial charge in [-0.1, -0.05) is 20.8 Å². The average Bonchev–Trinajstić information content (AvgIpc) is 2.88. The molecular formula is C12H23NO. The quantitative estimate of drug-likeness (QED) is 0.585. The SMILES string of the molecule is CC.CC(=O)N1CCC(C)CC12CC2. The van der Waals surface area contributed by atoms with E-state index in [2.05, 4.69) is 11.8 Å². The lowest BCUT2D eigenvalue weighted by molar-refractivity contribution is -0.134. The summed E-state index contributed by atoms with van der Waals surface area (Å²) >= 11 is 0. The van der Waals surface area contributed by atoms with Crippen LogP contribution in [-0.2, 0) is 4.79 Å². The molecule has 1 amide bonds. The molecule has 1 saturated carbocycles. The predicted octanol–water partition coefficient (Wildman–Crippen LogP) is 2.82. The lowest BCUT2D eigenvalue weighted by atomic mass is 9.90. The summed E-state index contributed by atoms with van der Waals surface area (Å²) < 4.78 is 0. The van der Waals surface area contributed by atoms with Gasteiger partial charge in [0.2, 0.25) is 5.91 Å². The van der Waals surface area contributed by atoms with Crippen molar-refractivity contribution in [3.8, 4) is 0 Å². The summed E-state index contributed by atoms with van der Waals surface area (Å²) in [6, 6.07) is 0. The molecule has 0 radical (unpaired) electrons. The van der Waals surface area contributed by atoms with Gasteiger partial charge in [-0.25, -0.2) is 0 Å². The number of carbonyl (C=O) groups is 1. The Balaban J connectivity index is 0.000000461. The molecule has 1 spiro atoms.